The highest BCUT2D eigenvalue weighted by atomic mass is 35.5. The van der Waals surface area contributed by atoms with E-state index < -0.39 is 0 Å². The molecule has 0 radical (unpaired) electrons. The molecule has 2 aromatic carbocycles. The summed E-state index contributed by atoms with van der Waals surface area (Å²) in [6.07, 6.45) is 2.84. The first-order valence-electron chi connectivity index (χ1n) is 12.2. The minimum atomic E-state index is -0.0578. The zero-order chi connectivity index (χ0) is 25.0. The third-order valence-corrected chi connectivity index (χ3v) is 6.13. The van der Waals surface area contributed by atoms with Crippen LogP contribution in [0.3, 0.4) is 0 Å². The van der Waals surface area contributed by atoms with Gasteiger partial charge in [-0.1, -0.05) is 41.9 Å². The van der Waals surface area contributed by atoms with Crippen molar-refractivity contribution in [2.24, 2.45) is 0 Å². The van der Waals surface area contributed by atoms with Gasteiger partial charge in [0.25, 0.3) is 5.56 Å². The van der Waals surface area contributed by atoms with E-state index >= 15 is 0 Å². The van der Waals surface area contributed by atoms with Crippen molar-refractivity contribution < 1.29 is 9.53 Å². The SMILES string of the molecule is CCOCCNC(=O)CCN(C)CCCCn1nc(Cc2ccc(Cl)cc2)c2ccccc2c1=O. The number of rotatable bonds is 14. The molecule has 8 heteroatoms. The zero-order valence-corrected chi connectivity index (χ0v) is 21.4. The Morgan fingerprint density at radius 2 is 1.83 bits per heavy atom. The summed E-state index contributed by atoms with van der Waals surface area (Å²) in [6.45, 7) is 5.79. The van der Waals surface area contributed by atoms with Crippen LogP contribution in [0.1, 0.15) is 37.4 Å². The first-order chi connectivity index (χ1) is 17.0. The highest BCUT2D eigenvalue weighted by molar-refractivity contribution is 6.30. The number of nitrogens with one attached hydrogen (secondary N) is 1. The molecular weight excluding hydrogens is 464 g/mol. The van der Waals surface area contributed by atoms with Gasteiger partial charge >= 0.3 is 0 Å². The Morgan fingerprint density at radius 1 is 1.09 bits per heavy atom. The highest BCUT2D eigenvalue weighted by Gasteiger charge is 2.11. The number of carbonyl (C=O) groups is 1. The lowest BCUT2D eigenvalue weighted by atomic mass is 10.0. The summed E-state index contributed by atoms with van der Waals surface area (Å²) in [6, 6.07) is 15.4. The summed E-state index contributed by atoms with van der Waals surface area (Å²) in [5.41, 5.74) is 1.92. The molecule has 0 saturated carbocycles. The quantitative estimate of drug-likeness (QED) is 0.341. The second-order valence-corrected chi connectivity index (χ2v) is 9.07. The molecule has 0 spiro atoms. The molecule has 3 aromatic rings. The van der Waals surface area contributed by atoms with E-state index in [1.54, 1.807) is 4.68 Å². The number of hydrogen-bond acceptors (Lipinski definition) is 5. The van der Waals surface area contributed by atoms with Crippen molar-refractivity contribution in [3.05, 3.63) is 75.2 Å². The number of benzene rings is 2. The fraction of sp³-hybridized carbons (Fsp3) is 0.444. The van der Waals surface area contributed by atoms with Crippen molar-refractivity contribution >= 4 is 28.3 Å². The number of ether oxygens (including phenoxy) is 1. The Kier molecular flexibility index (Phi) is 10.7. The van der Waals surface area contributed by atoms with Crippen LogP contribution < -0.4 is 10.9 Å². The molecule has 0 aliphatic heterocycles. The van der Waals surface area contributed by atoms with E-state index in [9.17, 15) is 9.59 Å². The van der Waals surface area contributed by atoms with Gasteiger partial charge in [-0.3, -0.25) is 9.59 Å². The maximum Gasteiger partial charge on any atom is 0.274 e. The molecule has 0 unspecified atom stereocenters. The Hall–Kier alpha value is -2.74. The standard InChI is InChI=1S/C27H35ClN4O3/c1-3-35-19-15-29-26(33)14-18-31(2)16-6-7-17-32-27(34)24-9-5-4-8-23(24)25(30-32)20-21-10-12-22(28)13-11-21/h4-5,8-13H,3,6-7,14-20H2,1-2H3,(H,29,33). The highest BCUT2D eigenvalue weighted by Crippen LogP contribution is 2.18. The van der Waals surface area contributed by atoms with Gasteiger partial charge in [0.2, 0.25) is 5.91 Å². The Balaban J connectivity index is 1.53. The number of carbonyl (C=O) groups excluding carboxylic acids is 1. The maximum absolute atomic E-state index is 13.0. The number of amides is 1. The van der Waals surface area contributed by atoms with Gasteiger partial charge < -0.3 is 15.0 Å². The summed E-state index contributed by atoms with van der Waals surface area (Å²) in [5.74, 6) is 0.0386. The molecule has 0 bridgehead atoms. The molecule has 188 valence electrons. The van der Waals surface area contributed by atoms with Gasteiger partial charge in [-0.05, 0) is 57.1 Å². The summed E-state index contributed by atoms with van der Waals surface area (Å²) >= 11 is 6.03. The summed E-state index contributed by atoms with van der Waals surface area (Å²) < 4.78 is 6.82. The molecule has 7 nitrogen and oxygen atoms in total. The molecule has 1 amide bonds. The van der Waals surface area contributed by atoms with Crippen molar-refractivity contribution in [3.8, 4) is 0 Å². The van der Waals surface area contributed by atoms with Gasteiger partial charge in [0.05, 0.1) is 17.7 Å². The smallest absolute Gasteiger partial charge is 0.274 e. The third kappa shape index (κ3) is 8.46. The molecule has 0 aliphatic rings. The second-order valence-electron chi connectivity index (χ2n) is 8.63. The fourth-order valence-electron chi connectivity index (χ4n) is 3.93. The van der Waals surface area contributed by atoms with Crippen LogP contribution in [0.15, 0.2) is 53.3 Å². The van der Waals surface area contributed by atoms with E-state index in [-0.39, 0.29) is 11.5 Å². The lowest BCUT2D eigenvalue weighted by Crippen LogP contribution is -2.31. The lowest BCUT2D eigenvalue weighted by molar-refractivity contribution is -0.121. The number of aromatic nitrogens is 2. The van der Waals surface area contributed by atoms with Crippen molar-refractivity contribution in [1.29, 1.82) is 0 Å². The van der Waals surface area contributed by atoms with Crippen LogP contribution in [0.5, 0.6) is 0 Å². The molecule has 0 fully saturated rings. The van der Waals surface area contributed by atoms with E-state index in [1.807, 2.05) is 62.5 Å². The van der Waals surface area contributed by atoms with Crippen LogP contribution in [0, 0.1) is 0 Å². The molecular formula is C27H35ClN4O3. The lowest BCUT2D eigenvalue weighted by Gasteiger charge is -2.16. The van der Waals surface area contributed by atoms with E-state index in [0.717, 1.165) is 36.0 Å². The van der Waals surface area contributed by atoms with Gasteiger partial charge in [-0.25, -0.2) is 4.68 Å². The van der Waals surface area contributed by atoms with Crippen molar-refractivity contribution in [3.63, 3.8) is 0 Å². The van der Waals surface area contributed by atoms with Gasteiger partial charge in [-0.15, -0.1) is 0 Å². The number of aryl methyl sites for hydroxylation is 1. The van der Waals surface area contributed by atoms with Gasteiger partial charge in [0.15, 0.2) is 0 Å². The van der Waals surface area contributed by atoms with E-state index in [0.29, 0.717) is 56.1 Å². The Labute approximate surface area is 212 Å². The number of unbranched alkanes of at least 4 members (excludes halogenated alkanes) is 1. The molecule has 1 N–H and O–H groups in total. The number of fused-ring (bicyclic) bond motifs is 1. The van der Waals surface area contributed by atoms with Crippen LogP contribution in [0.2, 0.25) is 5.02 Å². The molecule has 1 aromatic heterocycles. The third-order valence-electron chi connectivity index (χ3n) is 5.88. The van der Waals surface area contributed by atoms with E-state index in [2.05, 4.69) is 10.2 Å². The summed E-state index contributed by atoms with van der Waals surface area (Å²) in [5, 5.41) is 9.88. The molecule has 0 saturated heterocycles. The Morgan fingerprint density at radius 3 is 2.57 bits per heavy atom. The van der Waals surface area contributed by atoms with Crippen LogP contribution in [-0.4, -0.2) is 60.5 Å². The van der Waals surface area contributed by atoms with E-state index in [1.165, 1.54) is 0 Å². The number of nitrogens with zero attached hydrogens (tertiary/aromatic N) is 3. The molecule has 35 heavy (non-hydrogen) atoms. The van der Waals surface area contributed by atoms with Crippen LogP contribution in [-0.2, 0) is 22.5 Å². The normalized spacial score (nSPS) is 11.3. The minimum absolute atomic E-state index is 0.0386. The number of hydrogen-bond donors (Lipinski definition) is 1. The average molecular weight is 499 g/mol. The molecule has 0 aliphatic carbocycles. The van der Waals surface area contributed by atoms with Crippen LogP contribution in [0.25, 0.3) is 10.8 Å². The Bertz CT molecular complexity index is 1150. The summed E-state index contributed by atoms with van der Waals surface area (Å²) in [4.78, 5) is 27.1. The van der Waals surface area contributed by atoms with Crippen molar-refractivity contribution in [2.45, 2.75) is 39.2 Å². The van der Waals surface area contributed by atoms with Gasteiger partial charge in [0, 0.05) is 49.5 Å². The maximum atomic E-state index is 13.0. The van der Waals surface area contributed by atoms with Crippen molar-refractivity contribution in [1.82, 2.24) is 20.0 Å². The fourth-order valence-corrected chi connectivity index (χ4v) is 4.05. The minimum Gasteiger partial charge on any atom is -0.380 e. The van der Waals surface area contributed by atoms with Crippen molar-refractivity contribution in [2.75, 3.05) is 39.9 Å². The summed E-state index contributed by atoms with van der Waals surface area (Å²) in [7, 11) is 2.01. The molecule has 0 atom stereocenters. The first kappa shape index (κ1) is 26.9. The van der Waals surface area contributed by atoms with Gasteiger partial charge in [0.1, 0.15) is 0 Å². The molecule has 3 rings (SSSR count). The molecule has 1 heterocycles. The largest absolute Gasteiger partial charge is 0.380 e. The predicted octanol–water partition coefficient (Wildman–Crippen LogP) is 3.90. The number of halogens is 1. The zero-order valence-electron chi connectivity index (χ0n) is 20.6. The predicted molar refractivity (Wildman–Crippen MR) is 141 cm³/mol. The van der Waals surface area contributed by atoms with Gasteiger partial charge in [-0.2, -0.15) is 5.10 Å². The second kappa shape index (κ2) is 14.0. The van der Waals surface area contributed by atoms with E-state index in [4.69, 9.17) is 21.4 Å². The monoisotopic (exact) mass is 498 g/mol. The average Bonchev–Trinajstić information content (AvgIpc) is 2.87. The van der Waals surface area contributed by atoms with Crippen LogP contribution >= 0.6 is 11.6 Å². The first-order valence-corrected chi connectivity index (χ1v) is 12.6. The van der Waals surface area contributed by atoms with Crippen LogP contribution in [0.4, 0.5) is 0 Å². The topological polar surface area (TPSA) is 76.5 Å².